The van der Waals surface area contributed by atoms with Crippen LogP contribution in [0.5, 0.6) is 0 Å². The molecule has 0 aliphatic carbocycles. The summed E-state index contributed by atoms with van der Waals surface area (Å²) in [5, 5.41) is 6.41. The molecular formula is C20H13N2OP. The summed E-state index contributed by atoms with van der Waals surface area (Å²) in [6, 6.07) is 25.6. The zero-order chi connectivity index (χ0) is 16.1. The summed E-state index contributed by atoms with van der Waals surface area (Å²) in [4.78, 5) is 0. The fraction of sp³-hybridized carbons (Fsp3) is 0. The van der Waals surface area contributed by atoms with Crippen molar-refractivity contribution >= 4 is 34.3 Å². The third-order valence-electron chi connectivity index (χ3n) is 4.44. The molecule has 0 amide bonds. The van der Waals surface area contributed by atoms with Crippen molar-refractivity contribution in [1.29, 1.82) is 0 Å². The van der Waals surface area contributed by atoms with Gasteiger partial charge in [0.05, 0.1) is 5.30 Å². The first-order chi connectivity index (χ1) is 11.8. The van der Waals surface area contributed by atoms with Gasteiger partial charge in [0.1, 0.15) is 10.7 Å². The largest absolute Gasteiger partial charge is 0.329 e. The van der Waals surface area contributed by atoms with Crippen molar-refractivity contribution in [1.82, 2.24) is 0 Å². The fourth-order valence-corrected chi connectivity index (χ4v) is 5.12. The van der Waals surface area contributed by atoms with Crippen LogP contribution in [0.15, 0.2) is 88.4 Å². The Bertz CT molecular complexity index is 1200. The Morgan fingerprint density at radius 3 is 1.46 bits per heavy atom. The standard InChI is InChI=1S/C20H13N2OP/c23-24(14-8-2-1-3-9-14)21-19-17-12-6-4-10-15(17)16-11-5-7-13-18(16)20(19)22-24/h1-13H. The van der Waals surface area contributed by atoms with Crippen LogP contribution < -0.4 is 16.0 Å². The Labute approximate surface area is 138 Å². The highest BCUT2D eigenvalue weighted by molar-refractivity contribution is 7.68. The second-order valence-electron chi connectivity index (χ2n) is 5.87. The SMILES string of the molecule is O=P1(c2ccccc2)N=c2c(c3ccccc3c3ccccc23)=N1. The summed E-state index contributed by atoms with van der Waals surface area (Å²) in [7, 11) is -3.16. The van der Waals surface area contributed by atoms with Crippen molar-refractivity contribution in [2.75, 3.05) is 0 Å². The molecule has 0 unspecified atom stereocenters. The number of nitrogens with zero attached hydrogens (tertiary/aromatic N) is 2. The lowest BCUT2D eigenvalue weighted by Crippen LogP contribution is -2.23. The zero-order valence-electron chi connectivity index (χ0n) is 12.8. The molecule has 114 valence electrons. The summed E-state index contributed by atoms with van der Waals surface area (Å²) in [6.45, 7) is 0. The van der Waals surface area contributed by atoms with Crippen molar-refractivity contribution < 1.29 is 4.57 Å². The molecule has 4 aromatic carbocycles. The molecule has 24 heavy (non-hydrogen) atoms. The van der Waals surface area contributed by atoms with Crippen LogP contribution in [0.4, 0.5) is 0 Å². The molecule has 0 radical (unpaired) electrons. The smallest absolute Gasteiger partial charge is 0.267 e. The molecule has 1 heterocycles. The van der Waals surface area contributed by atoms with E-state index < -0.39 is 7.44 Å². The predicted molar refractivity (Wildman–Crippen MR) is 97.4 cm³/mol. The zero-order valence-corrected chi connectivity index (χ0v) is 13.6. The summed E-state index contributed by atoms with van der Waals surface area (Å²) >= 11 is 0. The third-order valence-corrected chi connectivity index (χ3v) is 6.36. The maximum atomic E-state index is 13.4. The topological polar surface area (TPSA) is 41.8 Å². The van der Waals surface area contributed by atoms with E-state index in [1.54, 1.807) is 0 Å². The van der Waals surface area contributed by atoms with E-state index in [2.05, 4.69) is 21.7 Å². The van der Waals surface area contributed by atoms with E-state index in [0.29, 0.717) is 5.30 Å². The summed E-state index contributed by atoms with van der Waals surface area (Å²) < 4.78 is 22.7. The van der Waals surface area contributed by atoms with Gasteiger partial charge in [-0.1, -0.05) is 66.7 Å². The van der Waals surface area contributed by atoms with Crippen LogP contribution in [0.25, 0.3) is 21.5 Å². The van der Waals surface area contributed by atoms with E-state index in [1.807, 2.05) is 66.7 Å². The van der Waals surface area contributed by atoms with Crippen molar-refractivity contribution in [3.05, 3.63) is 89.6 Å². The van der Waals surface area contributed by atoms with Gasteiger partial charge in [0, 0.05) is 10.8 Å². The first-order valence-electron chi connectivity index (χ1n) is 7.82. The van der Waals surface area contributed by atoms with E-state index in [-0.39, 0.29) is 0 Å². The highest BCUT2D eigenvalue weighted by Crippen LogP contribution is 2.48. The van der Waals surface area contributed by atoms with Crippen LogP contribution in [0, 0.1) is 0 Å². The lowest BCUT2D eigenvalue weighted by molar-refractivity contribution is 0.583. The molecule has 4 heteroatoms. The summed E-state index contributed by atoms with van der Waals surface area (Å²) in [5.74, 6) is 0. The summed E-state index contributed by atoms with van der Waals surface area (Å²) in [6.07, 6.45) is 0. The Morgan fingerprint density at radius 2 is 0.958 bits per heavy atom. The lowest BCUT2D eigenvalue weighted by Gasteiger charge is -2.03. The molecule has 0 fully saturated rings. The van der Waals surface area contributed by atoms with Gasteiger partial charge in [-0.05, 0) is 22.9 Å². The van der Waals surface area contributed by atoms with Gasteiger partial charge in [0.2, 0.25) is 0 Å². The Kier molecular flexibility index (Phi) is 2.76. The Morgan fingerprint density at radius 1 is 0.542 bits per heavy atom. The van der Waals surface area contributed by atoms with Gasteiger partial charge in [0.15, 0.2) is 0 Å². The second-order valence-corrected chi connectivity index (χ2v) is 7.87. The lowest BCUT2D eigenvalue weighted by atomic mass is 10.0. The van der Waals surface area contributed by atoms with Crippen LogP contribution in [-0.2, 0) is 4.57 Å². The molecular weight excluding hydrogens is 315 g/mol. The minimum Gasteiger partial charge on any atom is -0.267 e. The molecule has 0 spiro atoms. The van der Waals surface area contributed by atoms with Crippen LogP contribution in [-0.4, -0.2) is 0 Å². The number of hydrogen-bond acceptors (Lipinski definition) is 1. The van der Waals surface area contributed by atoms with Crippen LogP contribution in [0.3, 0.4) is 0 Å². The van der Waals surface area contributed by atoms with Crippen LogP contribution in [0.1, 0.15) is 0 Å². The molecule has 0 N–H and O–H groups in total. The van der Waals surface area contributed by atoms with E-state index in [4.69, 9.17) is 0 Å². The monoisotopic (exact) mass is 328 g/mol. The average molecular weight is 328 g/mol. The van der Waals surface area contributed by atoms with Gasteiger partial charge < -0.3 is 0 Å². The molecule has 0 atom stereocenters. The minimum absolute atomic E-state index is 0.675. The second kappa shape index (κ2) is 4.86. The van der Waals surface area contributed by atoms with Gasteiger partial charge in [-0.3, -0.25) is 4.57 Å². The molecule has 1 aliphatic rings. The quantitative estimate of drug-likeness (QED) is 0.387. The highest BCUT2D eigenvalue weighted by Gasteiger charge is 2.27. The molecule has 0 bridgehead atoms. The van der Waals surface area contributed by atoms with Crippen molar-refractivity contribution in [2.24, 2.45) is 9.53 Å². The number of fused-ring (bicyclic) bond motifs is 6. The normalized spacial score (nSPS) is 15.0. The molecule has 0 saturated heterocycles. The van der Waals surface area contributed by atoms with E-state index in [9.17, 15) is 4.57 Å². The van der Waals surface area contributed by atoms with Crippen LogP contribution in [0.2, 0.25) is 0 Å². The van der Waals surface area contributed by atoms with Gasteiger partial charge in [-0.2, -0.15) is 0 Å². The molecule has 4 aromatic rings. The first kappa shape index (κ1) is 13.6. The van der Waals surface area contributed by atoms with Gasteiger partial charge in [-0.25, -0.2) is 9.53 Å². The maximum absolute atomic E-state index is 13.4. The van der Waals surface area contributed by atoms with E-state index in [1.165, 1.54) is 0 Å². The van der Waals surface area contributed by atoms with E-state index in [0.717, 1.165) is 32.3 Å². The molecule has 0 saturated carbocycles. The number of rotatable bonds is 1. The predicted octanol–water partition coefficient (Wildman–Crippen LogP) is 3.76. The molecule has 5 rings (SSSR count). The van der Waals surface area contributed by atoms with E-state index >= 15 is 0 Å². The fourth-order valence-electron chi connectivity index (χ4n) is 3.34. The first-order valence-corrected chi connectivity index (χ1v) is 9.43. The minimum atomic E-state index is -3.16. The van der Waals surface area contributed by atoms with Gasteiger partial charge >= 0.3 is 7.44 Å². The van der Waals surface area contributed by atoms with Crippen LogP contribution >= 0.6 is 7.44 Å². The highest BCUT2D eigenvalue weighted by atomic mass is 31.2. The van der Waals surface area contributed by atoms with Crippen molar-refractivity contribution in [2.45, 2.75) is 0 Å². The Balaban J connectivity index is 2.01. The molecule has 1 aliphatic heterocycles. The maximum Gasteiger partial charge on any atom is 0.329 e. The molecule has 0 aromatic heterocycles. The van der Waals surface area contributed by atoms with Crippen molar-refractivity contribution in [3.63, 3.8) is 0 Å². The van der Waals surface area contributed by atoms with Gasteiger partial charge in [-0.15, -0.1) is 0 Å². The average Bonchev–Trinajstić information content (AvgIpc) is 3.02. The molecule has 3 nitrogen and oxygen atoms in total. The van der Waals surface area contributed by atoms with Crippen molar-refractivity contribution in [3.8, 4) is 0 Å². The Hall–Kier alpha value is -2.77. The number of hydrogen-bond donors (Lipinski definition) is 0. The van der Waals surface area contributed by atoms with Gasteiger partial charge in [0.25, 0.3) is 0 Å². The number of benzene rings is 4. The third kappa shape index (κ3) is 1.82. The summed E-state index contributed by atoms with van der Waals surface area (Å²) in [5.41, 5.74) is 0.